The molecular weight excluding hydrogens is 252 g/mol. The van der Waals surface area contributed by atoms with Gasteiger partial charge < -0.3 is 10.2 Å². The second-order valence-electron chi connectivity index (χ2n) is 4.72. The van der Waals surface area contributed by atoms with E-state index in [0.29, 0.717) is 5.57 Å². The molecule has 0 bridgehead atoms. The highest BCUT2D eigenvalue weighted by Crippen LogP contribution is 2.31. The van der Waals surface area contributed by atoms with Gasteiger partial charge in [0, 0.05) is 6.08 Å². The maximum Gasteiger partial charge on any atom is 0.328 e. The minimum absolute atomic E-state index is 0.187. The first kappa shape index (κ1) is 13.9. The van der Waals surface area contributed by atoms with E-state index in [9.17, 15) is 9.90 Å². The SMILES string of the molecule is Cc1cc(O)cc(C)c1/C(=C\C(=O)O)c1ccccc1. The summed E-state index contributed by atoms with van der Waals surface area (Å²) in [7, 11) is 0. The molecule has 0 amide bonds. The summed E-state index contributed by atoms with van der Waals surface area (Å²) in [5.74, 6) is -0.804. The van der Waals surface area contributed by atoms with E-state index in [0.717, 1.165) is 22.3 Å². The first-order chi connectivity index (χ1) is 9.49. The predicted molar refractivity (Wildman–Crippen MR) is 78.7 cm³/mol. The summed E-state index contributed by atoms with van der Waals surface area (Å²) in [4.78, 5) is 11.1. The standard InChI is InChI=1S/C17H16O3/c1-11-8-14(18)9-12(2)17(11)15(10-16(19)20)13-6-4-3-5-7-13/h3-10,18H,1-2H3,(H,19,20)/b15-10-. The van der Waals surface area contributed by atoms with Crippen molar-refractivity contribution in [1.82, 2.24) is 0 Å². The van der Waals surface area contributed by atoms with Crippen LogP contribution in [0.1, 0.15) is 22.3 Å². The topological polar surface area (TPSA) is 57.5 Å². The number of carboxylic acids is 1. The number of carbonyl (C=O) groups is 1. The van der Waals surface area contributed by atoms with E-state index < -0.39 is 5.97 Å². The second-order valence-corrected chi connectivity index (χ2v) is 4.72. The van der Waals surface area contributed by atoms with Gasteiger partial charge in [-0.15, -0.1) is 0 Å². The van der Waals surface area contributed by atoms with Crippen LogP contribution in [0.15, 0.2) is 48.5 Å². The Morgan fingerprint density at radius 1 is 1.05 bits per heavy atom. The van der Waals surface area contributed by atoms with E-state index in [1.54, 1.807) is 12.1 Å². The maximum absolute atomic E-state index is 11.1. The number of aromatic hydroxyl groups is 1. The quantitative estimate of drug-likeness (QED) is 0.837. The summed E-state index contributed by atoms with van der Waals surface area (Å²) >= 11 is 0. The van der Waals surface area contributed by atoms with Crippen molar-refractivity contribution in [3.8, 4) is 5.75 Å². The molecule has 102 valence electrons. The molecule has 0 aliphatic carbocycles. The van der Waals surface area contributed by atoms with Gasteiger partial charge in [-0.2, -0.15) is 0 Å². The van der Waals surface area contributed by atoms with Crippen molar-refractivity contribution < 1.29 is 15.0 Å². The lowest BCUT2D eigenvalue weighted by Gasteiger charge is -2.14. The molecule has 0 aliphatic heterocycles. The Hall–Kier alpha value is -2.55. The molecule has 2 aromatic carbocycles. The average molecular weight is 268 g/mol. The molecule has 20 heavy (non-hydrogen) atoms. The zero-order valence-electron chi connectivity index (χ0n) is 11.4. The molecule has 0 saturated heterocycles. The molecule has 2 N–H and O–H groups in total. The zero-order chi connectivity index (χ0) is 14.7. The predicted octanol–water partition coefficient (Wildman–Crippen LogP) is 3.53. The lowest BCUT2D eigenvalue weighted by molar-refractivity contribution is -0.131. The third kappa shape index (κ3) is 2.88. The number of aryl methyl sites for hydroxylation is 2. The van der Waals surface area contributed by atoms with E-state index in [4.69, 9.17) is 5.11 Å². The van der Waals surface area contributed by atoms with Gasteiger partial charge in [-0.3, -0.25) is 0 Å². The van der Waals surface area contributed by atoms with Gasteiger partial charge in [-0.1, -0.05) is 30.3 Å². The zero-order valence-corrected chi connectivity index (χ0v) is 11.4. The average Bonchev–Trinajstić information content (AvgIpc) is 2.37. The molecule has 3 heteroatoms. The highest BCUT2D eigenvalue weighted by molar-refractivity contribution is 5.96. The Bertz CT molecular complexity index is 647. The van der Waals surface area contributed by atoms with Crippen molar-refractivity contribution in [1.29, 1.82) is 0 Å². The van der Waals surface area contributed by atoms with Crippen LogP contribution in [0.25, 0.3) is 5.57 Å². The number of benzene rings is 2. The van der Waals surface area contributed by atoms with E-state index in [-0.39, 0.29) is 5.75 Å². The number of hydrogen-bond donors (Lipinski definition) is 2. The molecule has 0 radical (unpaired) electrons. The van der Waals surface area contributed by atoms with E-state index in [1.165, 1.54) is 6.08 Å². The summed E-state index contributed by atoms with van der Waals surface area (Å²) < 4.78 is 0. The fourth-order valence-electron chi connectivity index (χ4n) is 2.41. The van der Waals surface area contributed by atoms with Crippen molar-refractivity contribution in [2.24, 2.45) is 0 Å². The van der Waals surface area contributed by atoms with Gasteiger partial charge in [0.15, 0.2) is 0 Å². The van der Waals surface area contributed by atoms with Gasteiger partial charge >= 0.3 is 5.97 Å². The van der Waals surface area contributed by atoms with Crippen LogP contribution in [0.5, 0.6) is 5.75 Å². The molecule has 0 aliphatic rings. The second kappa shape index (κ2) is 5.61. The van der Waals surface area contributed by atoms with Gasteiger partial charge in [0.25, 0.3) is 0 Å². The molecule has 0 aromatic heterocycles. The van der Waals surface area contributed by atoms with Crippen LogP contribution in [-0.2, 0) is 4.79 Å². The number of rotatable bonds is 3. The Morgan fingerprint density at radius 2 is 1.60 bits per heavy atom. The van der Waals surface area contributed by atoms with Crippen LogP contribution < -0.4 is 0 Å². The smallest absolute Gasteiger partial charge is 0.328 e. The van der Waals surface area contributed by atoms with Crippen LogP contribution >= 0.6 is 0 Å². The summed E-state index contributed by atoms with van der Waals surface area (Å²) in [5, 5.41) is 18.7. The molecule has 2 aromatic rings. The molecule has 3 nitrogen and oxygen atoms in total. The maximum atomic E-state index is 11.1. The number of hydrogen-bond acceptors (Lipinski definition) is 2. The Morgan fingerprint density at radius 3 is 2.10 bits per heavy atom. The third-order valence-corrected chi connectivity index (χ3v) is 3.14. The van der Waals surface area contributed by atoms with Gasteiger partial charge in [-0.25, -0.2) is 4.79 Å². The monoisotopic (exact) mass is 268 g/mol. The summed E-state index contributed by atoms with van der Waals surface area (Å²) in [6.07, 6.45) is 1.21. The molecule has 0 unspecified atom stereocenters. The van der Waals surface area contributed by atoms with Crippen LogP contribution in [0, 0.1) is 13.8 Å². The van der Waals surface area contributed by atoms with Crippen LogP contribution in [-0.4, -0.2) is 16.2 Å². The van der Waals surface area contributed by atoms with Gasteiger partial charge in [0.1, 0.15) is 5.75 Å². The highest BCUT2D eigenvalue weighted by Gasteiger charge is 2.13. The lowest BCUT2D eigenvalue weighted by atomic mass is 9.90. The van der Waals surface area contributed by atoms with E-state index in [2.05, 4.69) is 0 Å². The molecule has 0 heterocycles. The van der Waals surface area contributed by atoms with Gasteiger partial charge in [0.2, 0.25) is 0 Å². The number of aliphatic carboxylic acids is 1. The summed E-state index contributed by atoms with van der Waals surface area (Å²) in [6, 6.07) is 12.7. The number of phenols is 1. The molecule has 0 spiro atoms. The van der Waals surface area contributed by atoms with Gasteiger partial charge in [0.05, 0.1) is 0 Å². The Labute approximate surface area is 117 Å². The minimum Gasteiger partial charge on any atom is -0.508 e. The third-order valence-electron chi connectivity index (χ3n) is 3.14. The largest absolute Gasteiger partial charge is 0.508 e. The Kier molecular flexibility index (Phi) is 3.89. The molecule has 2 rings (SSSR count). The fourth-order valence-corrected chi connectivity index (χ4v) is 2.41. The van der Waals surface area contributed by atoms with Crippen LogP contribution in [0.2, 0.25) is 0 Å². The van der Waals surface area contributed by atoms with Crippen molar-refractivity contribution in [2.45, 2.75) is 13.8 Å². The molecule has 0 saturated carbocycles. The van der Waals surface area contributed by atoms with Crippen molar-refractivity contribution in [3.63, 3.8) is 0 Å². The van der Waals surface area contributed by atoms with E-state index >= 15 is 0 Å². The molecule has 0 fully saturated rings. The van der Waals surface area contributed by atoms with Crippen LogP contribution in [0.3, 0.4) is 0 Å². The Balaban J connectivity index is 2.69. The normalized spacial score (nSPS) is 11.4. The van der Waals surface area contributed by atoms with Crippen molar-refractivity contribution in [3.05, 3.63) is 70.8 Å². The van der Waals surface area contributed by atoms with Crippen LogP contribution in [0.4, 0.5) is 0 Å². The molecular formula is C17H16O3. The summed E-state index contributed by atoms with van der Waals surface area (Å²) in [5.41, 5.74) is 4.02. The minimum atomic E-state index is -0.990. The fraction of sp³-hybridized carbons (Fsp3) is 0.118. The molecule has 0 atom stereocenters. The van der Waals surface area contributed by atoms with Gasteiger partial charge in [-0.05, 0) is 53.8 Å². The lowest BCUT2D eigenvalue weighted by Crippen LogP contribution is -1.99. The van der Waals surface area contributed by atoms with E-state index in [1.807, 2.05) is 44.2 Å². The summed E-state index contributed by atoms with van der Waals surface area (Å²) in [6.45, 7) is 3.72. The number of carboxylic acid groups (broad SMARTS) is 1. The highest BCUT2D eigenvalue weighted by atomic mass is 16.4. The first-order valence-corrected chi connectivity index (χ1v) is 6.29. The number of phenolic OH excluding ortho intramolecular Hbond substituents is 1. The first-order valence-electron chi connectivity index (χ1n) is 6.29. The van der Waals surface area contributed by atoms with Crippen molar-refractivity contribution in [2.75, 3.05) is 0 Å². The van der Waals surface area contributed by atoms with Crippen molar-refractivity contribution >= 4 is 11.5 Å².